The molecule has 9 heteroatoms. The summed E-state index contributed by atoms with van der Waals surface area (Å²) in [6.07, 6.45) is 5.24. The Balaban J connectivity index is 1.67. The van der Waals surface area contributed by atoms with Crippen molar-refractivity contribution in [2.45, 2.75) is 45.6 Å². The SMILES string of the molecule is CC(C)CCc1c(Nc2nccc(-c3cc(C#N)c4c(c3)[C@@](C)(CO)CN4)n2)cnn1CCO. The standard InChI is InChI=1S/C25H31N7O2/c1-16(2)4-5-22-21(13-29-32(22)8-9-33)31-24-27-7-6-20(30-24)17-10-18(12-26)23-19(11-17)25(3,15-34)14-28-23/h6-7,10-11,13,16,28,33-34H,4-5,8-9,14-15H2,1-3H3,(H,27,30,31)/t25-/m1/s1. The van der Waals surface area contributed by atoms with Gasteiger partial charge in [-0.3, -0.25) is 4.68 Å². The van der Waals surface area contributed by atoms with E-state index in [0.29, 0.717) is 36.2 Å². The second-order valence-electron chi connectivity index (χ2n) is 9.41. The highest BCUT2D eigenvalue weighted by Crippen LogP contribution is 2.41. The molecule has 4 N–H and O–H groups in total. The molecule has 9 nitrogen and oxygen atoms in total. The summed E-state index contributed by atoms with van der Waals surface area (Å²) in [5.41, 5.74) is 5.05. The zero-order valence-corrected chi connectivity index (χ0v) is 19.8. The lowest BCUT2D eigenvalue weighted by Crippen LogP contribution is -2.28. The van der Waals surface area contributed by atoms with Gasteiger partial charge in [-0.05, 0) is 42.5 Å². The van der Waals surface area contributed by atoms with Gasteiger partial charge in [-0.15, -0.1) is 0 Å². The molecule has 0 aliphatic carbocycles. The number of hydrogen-bond acceptors (Lipinski definition) is 8. The third-order valence-corrected chi connectivity index (χ3v) is 6.33. The van der Waals surface area contributed by atoms with E-state index in [4.69, 9.17) is 4.98 Å². The van der Waals surface area contributed by atoms with E-state index >= 15 is 0 Å². The minimum Gasteiger partial charge on any atom is -0.395 e. The van der Waals surface area contributed by atoms with Crippen LogP contribution in [0.5, 0.6) is 0 Å². The van der Waals surface area contributed by atoms with Crippen molar-refractivity contribution in [1.82, 2.24) is 19.7 Å². The molecule has 4 rings (SSSR count). The number of benzene rings is 1. The van der Waals surface area contributed by atoms with E-state index in [-0.39, 0.29) is 13.2 Å². The smallest absolute Gasteiger partial charge is 0.227 e. The average molecular weight is 462 g/mol. The molecule has 3 aromatic rings. The van der Waals surface area contributed by atoms with Crippen molar-refractivity contribution >= 4 is 17.3 Å². The first-order valence-electron chi connectivity index (χ1n) is 11.6. The van der Waals surface area contributed by atoms with Crippen LogP contribution in [0.4, 0.5) is 17.3 Å². The van der Waals surface area contributed by atoms with Crippen molar-refractivity contribution < 1.29 is 10.2 Å². The number of aromatic nitrogens is 4. The van der Waals surface area contributed by atoms with E-state index in [0.717, 1.165) is 41.0 Å². The van der Waals surface area contributed by atoms with Gasteiger partial charge in [0.05, 0.1) is 54.3 Å². The summed E-state index contributed by atoms with van der Waals surface area (Å²) >= 11 is 0. The Morgan fingerprint density at radius 1 is 1.32 bits per heavy atom. The first-order chi connectivity index (χ1) is 16.4. The predicted octanol–water partition coefficient (Wildman–Crippen LogP) is 3.21. The largest absolute Gasteiger partial charge is 0.395 e. The molecule has 178 valence electrons. The van der Waals surface area contributed by atoms with Crippen LogP contribution in [-0.2, 0) is 18.4 Å². The van der Waals surface area contributed by atoms with Gasteiger partial charge in [-0.25, -0.2) is 9.97 Å². The number of nitriles is 1. The predicted molar refractivity (Wildman–Crippen MR) is 131 cm³/mol. The molecule has 0 unspecified atom stereocenters. The molecular weight excluding hydrogens is 430 g/mol. The molecule has 2 aromatic heterocycles. The fourth-order valence-electron chi connectivity index (χ4n) is 4.26. The third kappa shape index (κ3) is 4.60. The number of hydrogen-bond donors (Lipinski definition) is 4. The topological polar surface area (TPSA) is 132 Å². The van der Waals surface area contributed by atoms with Crippen LogP contribution in [0.3, 0.4) is 0 Å². The Hall–Kier alpha value is -3.48. The zero-order valence-electron chi connectivity index (χ0n) is 19.8. The molecule has 0 bridgehead atoms. The van der Waals surface area contributed by atoms with Gasteiger partial charge >= 0.3 is 0 Å². The van der Waals surface area contributed by atoms with Crippen LogP contribution in [0.2, 0.25) is 0 Å². The van der Waals surface area contributed by atoms with Crippen LogP contribution in [0.1, 0.15) is 44.0 Å². The first-order valence-corrected chi connectivity index (χ1v) is 11.6. The van der Waals surface area contributed by atoms with Crippen LogP contribution in [0.15, 0.2) is 30.6 Å². The summed E-state index contributed by atoms with van der Waals surface area (Å²) in [5, 5.41) is 40.0. The molecule has 1 aliphatic heterocycles. The van der Waals surface area contributed by atoms with Crippen molar-refractivity contribution in [2.24, 2.45) is 5.92 Å². The van der Waals surface area contributed by atoms with Gasteiger partial charge in [-0.1, -0.05) is 20.8 Å². The van der Waals surface area contributed by atoms with Crippen LogP contribution < -0.4 is 10.6 Å². The highest BCUT2D eigenvalue weighted by atomic mass is 16.3. The fourth-order valence-corrected chi connectivity index (χ4v) is 4.26. The second-order valence-corrected chi connectivity index (χ2v) is 9.41. The number of aliphatic hydroxyl groups excluding tert-OH is 2. The van der Waals surface area contributed by atoms with Crippen LogP contribution in [0, 0.1) is 17.2 Å². The van der Waals surface area contributed by atoms with Gasteiger partial charge in [0.15, 0.2) is 0 Å². The van der Waals surface area contributed by atoms with Crippen molar-refractivity contribution in [3.8, 4) is 17.3 Å². The number of rotatable bonds is 9. The van der Waals surface area contributed by atoms with Crippen molar-refractivity contribution in [1.29, 1.82) is 5.26 Å². The molecule has 0 saturated carbocycles. The molecule has 0 radical (unpaired) electrons. The number of nitrogens with one attached hydrogen (secondary N) is 2. The van der Waals surface area contributed by atoms with Gasteiger partial charge in [-0.2, -0.15) is 10.4 Å². The van der Waals surface area contributed by atoms with E-state index < -0.39 is 5.41 Å². The number of aliphatic hydroxyl groups is 2. The molecule has 1 atom stereocenters. The number of fused-ring (bicyclic) bond motifs is 1. The second kappa shape index (κ2) is 9.79. The Morgan fingerprint density at radius 3 is 2.85 bits per heavy atom. The zero-order chi connectivity index (χ0) is 24.3. The fraction of sp³-hybridized carbons (Fsp3) is 0.440. The molecule has 0 spiro atoms. The summed E-state index contributed by atoms with van der Waals surface area (Å²) in [4.78, 5) is 9.09. The monoisotopic (exact) mass is 461 g/mol. The minimum absolute atomic E-state index is 0.0168. The van der Waals surface area contributed by atoms with Crippen molar-refractivity contribution in [3.05, 3.63) is 47.4 Å². The Kier molecular flexibility index (Phi) is 6.82. The van der Waals surface area contributed by atoms with E-state index in [1.165, 1.54) is 0 Å². The third-order valence-electron chi connectivity index (χ3n) is 6.33. The number of anilines is 3. The van der Waals surface area contributed by atoms with E-state index in [2.05, 4.69) is 40.6 Å². The lowest BCUT2D eigenvalue weighted by molar-refractivity contribution is 0.219. The molecule has 3 heterocycles. The minimum atomic E-state index is -0.461. The number of nitrogens with zero attached hydrogens (tertiary/aromatic N) is 5. The molecule has 0 saturated heterocycles. The molecule has 34 heavy (non-hydrogen) atoms. The van der Waals surface area contributed by atoms with Gasteiger partial charge < -0.3 is 20.8 Å². The van der Waals surface area contributed by atoms with Gasteiger partial charge in [0.2, 0.25) is 5.95 Å². The lowest BCUT2D eigenvalue weighted by Gasteiger charge is -2.21. The van der Waals surface area contributed by atoms with Crippen molar-refractivity contribution in [3.63, 3.8) is 0 Å². The van der Waals surface area contributed by atoms with Crippen LogP contribution >= 0.6 is 0 Å². The normalized spacial score (nSPS) is 16.9. The van der Waals surface area contributed by atoms with Gasteiger partial charge in [0, 0.05) is 23.7 Å². The lowest BCUT2D eigenvalue weighted by atomic mass is 9.83. The van der Waals surface area contributed by atoms with Crippen LogP contribution in [-0.4, -0.2) is 49.7 Å². The molecular formula is C25H31N7O2. The summed E-state index contributed by atoms with van der Waals surface area (Å²) in [6.45, 7) is 7.33. The Morgan fingerprint density at radius 2 is 2.15 bits per heavy atom. The maximum Gasteiger partial charge on any atom is 0.227 e. The molecule has 1 aliphatic rings. The van der Waals surface area contributed by atoms with E-state index in [1.54, 1.807) is 12.4 Å². The summed E-state index contributed by atoms with van der Waals surface area (Å²) in [5.74, 6) is 0.965. The van der Waals surface area contributed by atoms with Gasteiger partial charge in [0.1, 0.15) is 6.07 Å². The maximum absolute atomic E-state index is 9.97. The van der Waals surface area contributed by atoms with E-state index in [9.17, 15) is 15.5 Å². The Bertz CT molecular complexity index is 1210. The Labute approximate surface area is 199 Å². The molecule has 1 aromatic carbocycles. The van der Waals surface area contributed by atoms with Crippen LogP contribution in [0.25, 0.3) is 11.3 Å². The summed E-state index contributed by atoms with van der Waals surface area (Å²) in [6, 6.07) is 7.88. The first kappa shape index (κ1) is 23.7. The quantitative estimate of drug-likeness (QED) is 0.382. The summed E-state index contributed by atoms with van der Waals surface area (Å²) in [7, 11) is 0. The van der Waals surface area contributed by atoms with Crippen molar-refractivity contribution in [2.75, 3.05) is 30.4 Å². The molecule has 0 amide bonds. The highest BCUT2D eigenvalue weighted by molar-refractivity contribution is 5.76. The highest BCUT2D eigenvalue weighted by Gasteiger charge is 2.36. The summed E-state index contributed by atoms with van der Waals surface area (Å²) < 4.78 is 1.82. The average Bonchev–Trinajstić information content (AvgIpc) is 3.38. The maximum atomic E-state index is 9.97. The molecule has 0 fully saturated rings. The van der Waals surface area contributed by atoms with E-state index in [1.807, 2.05) is 29.8 Å². The van der Waals surface area contributed by atoms with Gasteiger partial charge in [0.25, 0.3) is 0 Å².